The fourth-order valence-corrected chi connectivity index (χ4v) is 2.59. The highest BCUT2D eigenvalue weighted by Crippen LogP contribution is 2.26. The van der Waals surface area contributed by atoms with Gasteiger partial charge in [0.25, 0.3) is 0 Å². The average Bonchev–Trinajstić information content (AvgIpc) is 2.29. The first kappa shape index (κ1) is 12.4. The first-order valence-electron chi connectivity index (χ1n) is 5.58. The van der Waals surface area contributed by atoms with Crippen LogP contribution in [0.2, 0.25) is 0 Å². The normalized spacial score (nSPS) is 20.4. The lowest BCUT2D eigenvalue weighted by molar-refractivity contribution is 0.0989. The van der Waals surface area contributed by atoms with Gasteiger partial charge in [-0.2, -0.15) is 0 Å². The minimum Gasteiger partial charge on any atom is -0.384 e. The van der Waals surface area contributed by atoms with Crippen molar-refractivity contribution in [2.75, 3.05) is 24.7 Å². The molecule has 1 unspecified atom stereocenters. The maximum absolute atomic E-state index is 7.44. The minimum atomic E-state index is 0.0819. The smallest absolute Gasteiger partial charge is 0.123 e. The molecule has 0 bridgehead atoms. The van der Waals surface area contributed by atoms with E-state index in [0.717, 1.165) is 35.5 Å². The Bertz CT molecular complexity index is 436. The van der Waals surface area contributed by atoms with Crippen LogP contribution in [0.4, 0.5) is 5.69 Å². The Labute approximate surface area is 109 Å². The van der Waals surface area contributed by atoms with Crippen molar-refractivity contribution in [1.29, 1.82) is 5.41 Å². The highest BCUT2D eigenvalue weighted by molar-refractivity contribution is 9.10. The predicted molar refractivity (Wildman–Crippen MR) is 72.8 cm³/mol. The van der Waals surface area contributed by atoms with Gasteiger partial charge < -0.3 is 15.4 Å². The summed E-state index contributed by atoms with van der Waals surface area (Å²) in [7, 11) is 0. The van der Waals surface area contributed by atoms with Crippen molar-refractivity contribution in [2.45, 2.75) is 13.0 Å². The summed E-state index contributed by atoms with van der Waals surface area (Å²) in [6.45, 7) is 4.56. The van der Waals surface area contributed by atoms with E-state index in [1.807, 2.05) is 18.2 Å². The molecule has 1 aliphatic rings. The Morgan fingerprint density at radius 2 is 2.35 bits per heavy atom. The standard InChI is InChI=1S/C12H16BrN3O/c1-8-7-17-5-4-16(8)9-2-3-10(12(14)15)11(13)6-9/h2-3,6,8H,4-5,7H2,1H3,(H3,14,15). The quantitative estimate of drug-likeness (QED) is 0.648. The molecule has 1 atom stereocenters. The average molecular weight is 298 g/mol. The van der Waals surface area contributed by atoms with Gasteiger partial charge >= 0.3 is 0 Å². The van der Waals surface area contributed by atoms with Crippen LogP contribution < -0.4 is 10.6 Å². The molecule has 0 radical (unpaired) electrons. The number of morpholine rings is 1. The Balaban J connectivity index is 2.27. The molecule has 17 heavy (non-hydrogen) atoms. The second-order valence-corrected chi connectivity index (χ2v) is 5.05. The van der Waals surface area contributed by atoms with Crippen molar-refractivity contribution in [1.82, 2.24) is 0 Å². The predicted octanol–water partition coefficient (Wildman–Crippen LogP) is 1.96. The van der Waals surface area contributed by atoms with Gasteiger partial charge in [-0.3, -0.25) is 5.41 Å². The highest BCUT2D eigenvalue weighted by atomic mass is 79.9. The van der Waals surface area contributed by atoms with E-state index in [0.29, 0.717) is 6.04 Å². The molecule has 5 heteroatoms. The summed E-state index contributed by atoms with van der Waals surface area (Å²) in [5.74, 6) is 0.0819. The van der Waals surface area contributed by atoms with E-state index in [9.17, 15) is 0 Å². The topological polar surface area (TPSA) is 62.3 Å². The Morgan fingerprint density at radius 1 is 1.59 bits per heavy atom. The number of hydrogen-bond acceptors (Lipinski definition) is 3. The van der Waals surface area contributed by atoms with Crippen molar-refractivity contribution >= 4 is 27.5 Å². The molecule has 1 aromatic carbocycles. The molecule has 1 aromatic rings. The van der Waals surface area contributed by atoms with Crippen LogP contribution in [0.15, 0.2) is 22.7 Å². The lowest BCUT2D eigenvalue weighted by Gasteiger charge is -2.35. The van der Waals surface area contributed by atoms with Gasteiger partial charge in [0.2, 0.25) is 0 Å². The zero-order valence-electron chi connectivity index (χ0n) is 9.74. The van der Waals surface area contributed by atoms with Gasteiger partial charge in [-0.25, -0.2) is 0 Å². The van der Waals surface area contributed by atoms with Crippen molar-refractivity contribution in [3.63, 3.8) is 0 Å². The van der Waals surface area contributed by atoms with Crippen LogP contribution in [0, 0.1) is 5.41 Å². The number of nitrogen functional groups attached to an aromatic ring is 1. The fraction of sp³-hybridized carbons (Fsp3) is 0.417. The monoisotopic (exact) mass is 297 g/mol. The molecule has 3 N–H and O–H groups in total. The van der Waals surface area contributed by atoms with E-state index in [1.165, 1.54) is 0 Å². The van der Waals surface area contributed by atoms with Gasteiger partial charge in [0.05, 0.1) is 13.2 Å². The molecular formula is C12H16BrN3O. The van der Waals surface area contributed by atoms with E-state index in [2.05, 4.69) is 27.8 Å². The van der Waals surface area contributed by atoms with Crippen LogP contribution >= 0.6 is 15.9 Å². The van der Waals surface area contributed by atoms with E-state index in [4.69, 9.17) is 15.9 Å². The second kappa shape index (κ2) is 5.06. The maximum atomic E-state index is 7.44. The van der Waals surface area contributed by atoms with Crippen LogP contribution in [0.1, 0.15) is 12.5 Å². The minimum absolute atomic E-state index is 0.0819. The molecule has 1 fully saturated rings. The second-order valence-electron chi connectivity index (χ2n) is 4.20. The molecule has 1 aliphatic heterocycles. The molecule has 0 aliphatic carbocycles. The van der Waals surface area contributed by atoms with Gasteiger partial charge in [0, 0.05) is 28.3 Å². The molecule has 92 valence electrons. The van der Waals surface area contributed by atoms with E-state index in [1.54, 1.807) is 0 Å². The number of ether oxygens (including phenoxy) is 1. The number of benzene rings is 1. The summed E-state index contributed by atoms with van der Waals surface area (Å²) >= 11 is 3.46. The molecular weight excluding hydrogens is 282 g/mol. The number of nitrogens with one attached hydrogen (secondary N) is 1. The number of nitrogens with zero attached hydrogens (tertiary/aromatic N) is 1. The maximum Gasteiger partial charge on any atom is 0.123 e. The van der Waals surface area contributed by atoms with Gasteiger partial charge in [-0.1, -0.05) is 0 Å². The third-order valence-corrected chi connectivity index (χ3v) is 3.60. The lowest BCUT2D eigenvalue weighted by atomic mass is 10.1. The van der Waals surface area contributed by atoms with E-state index < -0.39 is 0 Å². The van der Waals surface area contributed by atoms with Crippen molar-refractivity contribution in [3.8, 4) is 0 Å². The molecule has 0 amide bonds. The largest absolute Gasteiger partial charge is 0.384 e. The van der Waals surface area contributed by atoms with Crippen LogP contribution in [0.3, 0.4) is 0 Å². The van der Waals surface area contributed by atoms with Gasteiger partial charge in [-0.05, 0) is 41.1 Å². The molecule has 1 heterocycles. The SMILES string of the molecule is CC1COCCN1c1ccc(C(=N)N)c(Br)c1. The Kier molecular flexibility index (Phi) is 3.69. The fourth-order valence-electron chi connectivity index (χ4n) is 2.01. The number of halogens is 1. The third-order valence-electron chi connectivity index (χ3n) is 2.94. The van der Waals surface area contributed by atoms with Crippen molar-refractivity contribution in [2.24, 2.45) is 5.73 Å². The highest BCUT2D eigenvalue weighted by Gasteiger charge is 2.19. The first-order valence-corrected chi connectivity index (χ1v) is 6.37. The van der Waals surface area contributed by atoms with Gasteiger partial charge in [0.15, 0.2) is 0 Å². The van der Waals surface area contributed by atoms with Crippen LogP contribution in [-0.2, 0) is 4.74 Å². The zero-order chi connectivity index (χ0) is 12.4. The number of anilines is 1. The summed E-state index contributed by atoms with van der Waals surface area (Å²) in [5.41, 5.74) is 7.36. The van der Waals surface area contributed by atoms with E-state index in [-0.39, 0.29) is 5.84 Å². The first-order chi connectivity index (χ1) is 8.09. The van der Waals surface area contributed by atoms with Crippen LogP contribution in [0.5, 0.6) is 0 Å². The Morgan fingerprint density at radius 3 is 2.94 bits per heavy atom. The number of hydrogen-bond donors (Lipinski definition) is 2. The lowest BCUT2D eigenvalue weighted by Crippen LogP contribution is -2.43. The van der Waals surface area contributed by atoms with E-state index >= 15 is 0 Å². The molecule has 0 saturated carbocycles. The molecule has 4 nitrogen and oxygen atoms in total. The van der Waals surface area contributed by atoms with Crippen LogP contribution in [0.25, 0.3) is 0 Å². The summed E-state index contributed by atoms with van der Waals surface area (Å²) in [6.07, 6.45) is 0. The zero-order valence-corrected chi connectivity index (χ0v) is 11.3. The molecule has 1 saturated heterocycles. The summed E-state index contributed by atoms with van der Waals surface area (Å²) in [5, 5.41) is 7.44. The third kappa shape index (κ3) is 2.61. The number of amidine groups is 1. The van der Waals surface area contributed by atoms with Crippen molar-refractivity contribution < 1.29 is 4.74 Å². The summed E-state index contributed by atoms with van der Waals surface area (Å²) in [4.78, 5) is 2.30. The van der Waals surface area contributed by atoms with Crippen molar-refractivity contribution in [3.05, 3.63) is 28.2 Å². The Hall–Kier alpha value is -1.07. The summed E-state index contributed by atoms with van der Waals surface area (Å²) < 4.78 is 6.28. The summed E-state index contributed by atoms with van der Waals surface area (Å²) in [6, 6.07) is 6.27. The molecule has 0 spiro atoms. The number of rotatable bonds is 2. The molecule has 0 aromatic heterocycles. The number of nitrogens with two attached hydrogens (primary N) is 1. The van der Waals surface area contributed by atoms with Gasteiger partial charge in [-0.15, -0.1) is 0 Å². The van der Waals surface area contributed by atoms with Gasteiger partial charge in [0.1, 0.15) is 5.84 Å². The van der Waals surface area contributed by atoms with Crippen LogP contribution in [-0.4, -0.2) is 31.6 Å². The molecule has 2 rings (SSSR count).